The van der Waals surface area contributed by atoms with Crippen molar-refractivity contribution in [2.24, 2.45) is 5.92 Å². The molecule has 2 aromatic carbocycles. The minimum absolute atomic E-state index is 0.0378. The van der Waals surface area contributed by atoms with Gasteiger partial charge in [-0.25, -0.2) is 0 Å². The summed E-state index contributed by atoms with van der Waals surface area (Å²) in [5, 5.41) is 25.2. The van der Waals surface area contributed by atoms with Crippen molar-refractivity contribution < 1.29 is 10.0 Å². The number of phenols is 1. The van der Waals surface area contributed by atoms with Gasteiger partial charge in [0.05, 0.1) is 22.2 Å². The standard InChI is InChI=1S/C18H14BrClN2O3/c19-10-6-4-9(5-7-10)16-12-3-1-2-11(12)15-17(21-16)14(23)8-13(20)18(15)22(24)25/h1-2,4-8,11-12,16,21,23H,3H2/t11-,12-,16+/m1/s1. The van der Waals surface area contributed by atoms with E-state index < -0.39 is 4.92 Å². The Morgan fingerprint density at radius 1 is 1.32 bits per heavy atom. The molecule has 1 aliphatic carbocycles. The summed E-state index contributed by atoms with van der Waals surface area (Å²) in [6.45, 7) is 0. The van der Waals surface area contributed by atoms with Crippen LogP contribution in [0.2, 0.25) is 5.02 Å². The van der Waals surface area contributed by atoms with E-state index in [1.54, 1.807) is 0 Å². The number of anilines is 1. The van der Waals surface area contributed by atoms with Crippen LogP contribution in [0.15, 0.2) is 47.0 Å². The van der Waals surface area contributed by atoms with Crippen LogP contribution in [-0.4, -0.2) is 10.0 Å². The molecule has 0 spiro atoms. The lowest BCUT2D eigenvalue weighted by Gasteiger charge is -2.37. The molecule has 0 aromatic heterocycles. The van der Waals surface area contributed by atoms with Gasteiger partial charge in [0.25, 0.3) is 5.69 Å². The van der Waals surface area contributed by atoms with Gasteiger partial charge in [0.2, 0.25) is 0 Å². The van der Waals surface area contributed by atoms with Crippen molar-refractivity contribution in [2.75, 3.05) is 5.32 Å². The Labute approximate surface area is 157 Å². The van der Waals surface area contributed by atoms with Gasteiger partial charge in [-0.15, -0.1) is 0 Å². The number of hydrogen-bond acceptors (Lipinski definition) is 4. The molecule has 7 heteroatoms. The number of halogens is 2. The summed E-state index contributed by atoms with van der Waals surface area (Å²) in [6.07, 6.45) is 4.83. The molecule has 0 fully saturated rings. The number of nitro benzene ring substituents is 1. The van der Waals surface area contributed by atoms with Gasteiger partial charge in [-0.3, -0.25) is 10.1 Å². The minimum atomic E-state index is -0.467. The molecule has 0 amide bonds. The first-order chi connectivity index (χ1) is 12.0. The van der Waals surface area contributed by atoms with Crippen molar-refractivity contribution in [3.63, 3.8) is 0 Å². The first-order valence-electron chi connectivity index (χ1n) is 7.85. The number of allylic oxidation sites excluding steroid dienone is 2. The minimum Gasteiger partial charge on any atom is -0.506 e. The molecule has 1 aliphatic heterocycles. The van der Waals surface area contributed by atoms with Gasteiger partial charge in [-0.2, -0.15) is 0 Å². The Morgan fingerprint density at radius 3 is 2.72 bits per heavy atom. The highest BCUT2D eigenvalue weighted by Gasteiger charge is 2.43. The second-order valence-electron chi connectivity index (χ2n) is 6.30. The van der Waals surface area contributed by atoms with E-state index in [9.17, 15) is 15.2 Å². The molecule has 0 saturated heterocycles. The number of fused-ring (bicyclic) bond motifs is 3. The fraction of sp³-hybridized carbons (Fsp3) is 0.222. The molecular formula is C18H14BrClN2O3. The molecular weight excluding hydrogens is 408 g/mol. The number of benzene rings is 2. The second kappa shape index (κ2) is 6.04. The van der Waals surface area contributed by atoms with Crippen LogP contribution < -0.4 is 5.32 Å². The summed E-state index contributed by atoms with van der Waals surface area (Å²) >= 11 is 9.50. The van der Waals surface area contributed by atoms with Gasteiger partial charge in [-0.05, 0) is 30.0 Å². The van der Waals surface area contributed by atoms with E-state index >= 15 is 0 Å². The average Bonchev–Trinajstić information content (AvgIpc) is 3.04. The number of rotatable bonds is 2. The van der Waals surface area contributed by atoms with E-state index in [-0.39, 0.29) is 34.3 Å². The van der Waals surface area contributed by atoms with E-state index in [0.717, 1.165) is 16.5 Å². The Morgan fingerprint density at radius 2 is 2.04 bits per heavy atom. The van der Waals surface area contributed by atoms with E-state index in [1.807, 2.05) is 36.4 Å². The van der Waals surface area contributed by atoms with Gasteiger partial charge < -0.3 is 10.4 Å². The highest BCUT2D eigenvalue weighted by molar-refractivity contribution is 9.10. The molecule has 1 heterocycles. The third-order valence-corrected chi connectivity index (χ3v) is 5.77. The van der Waals surface area contributed by atoms with Crippen molar-refractivity contribution in [1.29, 1.82) is 0 Å². The summed E-state index contributed by atoms with van der Waals surface area (Å²) in [5.41, 5.74) is 1.82. The summed E-state index contributed by atoms with van der Waals surface area (Å²) in [6, 6.07) is 9.16. The van der Waals surface area contributed by atoms with Gasteiger partial charge in [-0.1, -0.05) is 51.8 Å². The molecule has 2 aliphatic rings. The summed E-state index contributed by atoms with van der Waals surface area (Å²) in [4.78, 5) is 11.1. The molecule has 4 rings (SSSR count). The zero-order chi connectivity index (χ0) is 17.7. The van der Waals surface area contributed by atoms with Gasteiger partial charge in [0.15, 0.2) is 0 Å². The number of hydrogen-bond donors (Lipinski definition) is 2. The monoisotopic (exact) mass is 420 g/mol. The van der Waals surface area contributed by atoms with Crippen molar-refractivity contribution in [3.8, 4) is 5.75 Å². The lowest BCUT2D eigenvalue weighted by Crippen LogP contribution is -2.29. The Kier molecular flexibility index (Phi) is 3.96. The molecule has 128 valence electrons. The largest absolute Gasteiger partial charge is 0.506 e. The van der Waals surface area contributed by atoms with Crippen molar-refractivity contribution in [2.45, 2.75) is 18.4 Å². The van der Waals surface area contributed by atoms with Crippen molar-refractivity contribution in [3.05, 3.63) is 73.2 Å². The molecule has 0 saturated carbocycles. The summed E-state index contributed by atoms with van der Waals surface area (Å²) < 4.78 is 0.985. The third-order valence-electron chi connectivity index (χ3n) is 4.96. The van der Waals surface area contributed by atoms with Gasteiger partial charge in [0.1, 0.15) is 10.8 Å². The molecule has 25 heavy (non-hydrogen) atoms. The molecule has 3 atom stereocenters. The molecule has 2 N–H and O–H groups in total. The highest BCUT2D eigenvalue weighted by Crippen LogP contribution is 2.56. The Balaban J connectivity index is 1.89. The van der Waals surface area contributed by atoms with E-state index in [0.29, 0.717) is 11.3 Å². The molecule has 0 unspecified atom stereocenters. The van der Waals surface area contributed by atoms with Crippen LogP contribution in [0.25, 0.3) is 0 Å². The number of nitro groups is 1. The maximum absolute atomic E-state index is 11.6. The quantitative estimate of drug-likeness (QED) is 0.289. The molecule has 0 bridgehead atoms. The number of nitrogens with one attached hydrogen (secondary N) is 1. The molecule has 0 radical (unpaired) electrons. The van der Waals surface area contributed by atoms with Gasteiger partial charge >= 0.3 is 0 Å². The van der Waals surface area contributed by atoms with Crippen molar-refractivity contribution >= 4 is 38.9 Å². The number of aromatic hydroxyl groups is 1. The van der Waals surface area contributed by atoms with Crippen LogP contribution in [0.3, 0.4) is 0 Å². The predicted octanol–water partition coefficient (Wildman–Crippen LogP) is 5.54. The number of nitrogens with zero attached hydrogens (tertiary/aromatic N) is 1. The van der Waals surface area contributed by atoms with E-state index in [1.165, 1.54) is 6.07 Å². The molecule has 5 nitrogen and oxygen atoms in total. The van der Waals surface area contributed by atoms with Crippen LogP contribution in [0.5, 0.6) is 5.75 Å². The fourth-order valence-electron chi connectivity index (χ4n) is 3.90. The Hall–Kier alpha value is -2.05. The normalized spacial score (nSPS) is 23.7. The summed E-state index contributed by atoms with van der Waals surface area (Å²) in [5.74, 6) is -0.0911. The first-order valence-corrected chi connectivity index (χ1v) is 9.03. The predicted molar refractivity (Wildman–Crippen MR) is 100 cm³/mol. The summed E-state index contributed by atoms with van der Waals surface area (Å²) in [7, 11) is 0. The van der Waals surface area contributed by atoms with Crippen LogP contribution >= 0.6 is 27.5 Å². The van der Waals surface area contributed by atoms with Gasteiger partial charge in [0, 0.05) is 16.5 Å². The topological polar surface area (TPSA) is 75.4 Å². The van der Waals surface area contributed by atoms with E-state index in [4.69, 9.17) is 11.6 Å². The Bertz CT molecular complexity index is 898. The smallest absolute Gasteiger partial charge is 0.293 e. The SMILES string of the molecule is O=[N+]([O-])c1c(Cl)cc(O)c2c1[C@@H]1C=CC[C@H]1[C@H](c1ccc(Br)cc1)N2. The van der Waals surface area contributed by atoms with Crippen LogP contribution in [-0.2, 0) is 0 Å². The fourth-order valence-corrected chi connectivity index (χ4v) is 4.43. The highest BCUT2D eigenvalue weighted by atomic mass is 79.9. The van der Waals surface area contributed by atoms with Crippen LogP contribution in [0.4, 0.5) is 11.4 Å². The third kappa shape index (κ3) is 2.60. The van der Waals surface area contributed by atoms with E-state index in [2.05, 4.69) is 21.2 Å². The average molecular weight is 422 g/mol. The van der Waals surface area contributed by atoms with Crippen molar-refractivity contribution in [1.82, 2.24) is 0 Å². The molecule has 2 aromatic rings. The lowest BCUT2D eigenvalue weighted by molar-refractivity contribution is -0.385. The first kappa shape index (κ1) is 16.4. The second-order valence-corrected chi connectivity index (χ2v) is 7.62. The van der Waals surface area contributed by atoms with Crippen LogP contribution in [0, 0.1) is 16.0 Å². The number of phenolic OH excluding ortho intramolecular Hbond substituents is 1. The zero-order valence-corrected chi connectivity index (χ0v) is 15.3. The maximum Gasteiger partial charge on any atom is 0.293 e. The maximum atomic E-state index is 11.6. The van der Waals surface area contributed by atoms with Crippen LogP contribution in [0.1, 0.15) is 29.5 Å². The zero-order valence-electron chi connectivity index (χ0n) is 12.9. The lowest BCUT2D eigenvalue weighted by atomic mass is 9.76.